The fourth-order valence-corrected chi connectivity index (χ4v) is 2.24. The van der Waals surface area contributed by atoms with Crippen molar-refractivity contribution in [3.8, 4) is 0 Å². The van der Waals surface area contributed by atoms with Crippen LogP contribution >= 0.6 is 11.5 Å². The largest absolute Gasteiger partial charge is 0.481 e. The normalized spacial score (nSPS) is 10.2. The molecule has 6 nitrogen and oxygen atoms in total. The molecule has 1 aromatic heterocycles. The topological polar surface area (TPSA) is 92.2 Å². The summed E-state index contributed by atoms with van der Waals surface area (Å²) in [5, 5.41) is 15.2. The number of carbonyl (C=O) groups excluding carboxylic acids is 1. The fraction of sp³-hybridized carbons (Fsp3) is 0.231. The molecule has 0 aliphatic heterocycles. The first-order chi connectivity index (χ1) is 9.56. The molecule has 0 bridgehead atoms. The number of hydrogen-bond acceptors (Lipinski definition) is 5. The number of nitrogens with zero attached hydrogens (tertiary/aromatic N) is 2. The predicted molar refractivity (Wildman–Crippen MR) is 75.0 cm³/mol. The molecule has 1 heterocycles. The minimum absolute atomic E-state index is 0.0648. The van der Waals surface area contributed by atoms with E-state index in [9.17, 15) is 9.59 Å². The van der Waals surface area contributed by atoms with Gasteiger partial charge in [-0.25, -0.2) is 0 Å². The Balaban J connectivity index is 2.06. The Morgan fingerprint density at radius 2 is 2.20 bits per heavy atom. The summed E-state index contributed by atoms with van der Waals surface area (Å²) in [5.41, 5.74) is 2.09. The van der Waals surface area contributed by atoms with Crippen molar-refractivity contribution in [2.75, 3.05) is 5.32 Å². The van der Waals surface area contributed by atoms with Crippen LogP contribution < -0.4 is 5.32 Å². The molecule has 2 N–H and O–H groups in total. The lowest BCUT2D eigenvalue weighted by Crippen LogP contribution is -2.11. The number of aliphatic carboxylic acids is 1. The molecule has 0 spiro atoms. The molecule has 7 heteroatoms. The van der Waals surface area contributed by atoms with Crippen LogP contribution in [0.15, 0.2) is 24.3 Å². The van der Waals surface area contributed by atoms with E-state index in [1.165, 1.54) is 0 Å². The lowest BCUT2D eigenvalue weighted by molar-refractivity contribution is -0.136. The van der Waals surface area contributed by atoms with Crippen LogP contribution in [0.25, 0.3) is 0 Å². The van der Waals surface area contributed by atoms with Gasteiger partial charge in [-0.2, -0.15) is 0 Å². The Morgan fingerprint density at radius 3 is 2.85 bits per heavy atom. The number of nitrogens with one attached hydrogen (secondary N) is 1. The number of aryl methyl sites for hydroxylation is 2. The second-order valence-corrected chi connectivity index (χ2v) is 4.99. The molecule has 1 aromatic carbocycles. The van der Waals surface area contributed by atoms with Crippen molar-refractivity contribution < 1.29 is 14.7 Å². The van der Waals surface area contributed by atoms with Crippen LogP contribution in [-0.4, -0.2) is 26.6 Å². The van der Waals surface area contributed by atoms with Gasteiger partial charge in [-0.3, -0.25) is 9.59 Å². The van der Waals surface area contributed by atoms with Crippen LogP contribution in [0.3, 0.4) is 0 Å². The third kappa shape index (κ3) is 3.61. The third-order valence-corrected chi connectivity index (χ3v) is 3.50. The zero-order valence-electron chi connectivity index (χ0n) is 10.8. The maximum absolute atomic E-state index is 12.0. The number of carbonyl (C=O) groups is 2. The molecule has 0 aliphatic rings. The van der Waals surface area contributed by atoms with Crippen LogP contribution in [0.2, 0.25) is 0 Å². The van der Waals surface area contributed by atoms with Gasteiger partial charge >= 0.3 is 5.97 Å². The molecule has 20 heavy (non-hydrogen) atoms. The highest BCUT2D eigenvalue weighted by atomic mass is 32.1. The SMILES string of the molecule is Cc1nnsc1C(=O)Nc1cccc(CCC(=O)O)c1. The van der Waals surface area contributed by atoms with Gasteiger partial charge in [0.25, 0.3) is 5.91 Å². The van der Waals surface area contributed by atoms with Gasteiger partial charge in [-0.1, -0.05) is 16.6 Å². The molecule has 0 radical (unpaired) electrons. The van der Waals surface area contributed by atoms with Gasteiger partial charge in [-0.05, 0) is 42.6 Å². The molecule has 0 saturated carbocycles. The number of anilines is 1. The molecular formula is C13H13N3O3S. The molecule has 0 unspecified atom stereocenters. The first kappa shape index (κ1) is 14.1. The van der Waals surface area contributed by atoms with Gasteiger partial charge in [0.05, 0.1) is 5.69 Å². The highest BCUT2D eigenvalue weighted by molar-refractivity contribution is 7.08. The fourth-order valence-electron chi connectivity index (χ4n) is 1.68. The van der Waals surface area contributed by atoms with Crippen LogP contribution in [-0.2, 0) is 11.2 Å². The van der Waals surface area contributed by atoms with Crippen molar-refractivity contribution in [2.24, 2.45) is 0 Å². The summed E-state index contributed by atoms with van der Waals surface area (Å²) in [4.78, 5) is 23.0. The minimum Gasteiger partial charge on any atom is -0.481 e. The molecule has 0 atom stereocenters. The van der Waals surface area contributed by atoms with E-state index in [-0.39, 0.29) is 12.3 Å². The van der Waals surface area contributed by atoms with E-state index < -0.39 is 5.97 Å². The average molecular weight is 291 g/mol. The van der Waals surface area contributed by atoms with E-state index in [4.69, 9.17) is 5.11 Å². The number of benzene rings is 1. The van der Waals surface area contributed by atoms with Crippen LogP contribution in [0.4, 0.5) is 5.69 Å². The number of rotatable bonds is 5. The van der Waals surface area contributed by atoms with Crippen molar-refractivity contribution in [2.45, 2.75) is 19.8 Å². The summed E-state index contributed by atoms with van der Waals surface area (Å²) < 4.78 is 3.72. The first-order valence-corrected chi connectivity index (χ1v) is 6.74. The zero-order chi connectivity index (χ0) is 14.5. The lowest BCUT2D eigenvalue weighted by atomic mass is 10.1. The second-order valence-electron chi connectivity index (χ2n) is 4.24. The van der Waals surface area contributed by atoms with E-state index in [0.29, 0.717) is 22.7 Å². The molecule has 0 aliphatic carbocycles. The van der Waals surface area contributed by atoms with E-state index in [0.717, 1.165) is 17.1 Å². The molecule has 0 saturated heterocycles. The molecular weight excluding hydrogens is 278 g/mol. The van der Waals surface area contributed by atoms with Crippen LogP contribution in [0.5, 0.6) is 0 Å². The minimum atomic E-state index is -0.842. The van der Waals surface area contributed by atoms with Crippen molar-refractivity contribution >= 4 is 29.1 Å². The first-order valence-electron chi connectivity index (χ1n) is 5.97. The molecule has 0 fully saturated rings. The second kappa shape index (κ2) is 6.25. The number of hydrogen-bond donors (Lipinski definition) is 2. The standard InChI is InChI=1S/C13H13N3O3S/c1-8-12(20-16-15-8)13(19)14-10-4-2-3-9(7-10)5-6-11(17)18/h2-4,7H,5-6H2,1H3,(H,14,19)(H,17,18). The Bertz CT molecular complexity index is 639. The number of carboxylic acid groups (broad SMARTS) is 1. The maximum Gasteiger partial charge on any atom is 0.303 e. The highest BCUT2D eigenvalue weighted by Gasteiger charge is 2.13. The van der Waals surface area contributed by atoms with Crippen molar-refractivity contribution in [3.05, 3.63) is 40.4 Å². The number of amides is 1. The van der Waals surface area contributed by atoms with E-state index in [2.05, 4.69) is 14.9 Å². The summed E-state index contributed by atoms with van der Waals surface area (Å²) in [7, 11) is 0. The van der Waals surface area contributed by atoms with Crippen LogP contribution in [0.1, 0.15) is 27.3 Å². The van der Waals surface area contributed by atoms with E-state index in [1.54, 1.807) is 25.1 Å². The van der Waals surface area contributed by atoms with Crippen molar-refractivity contribution in [1.82, 2.24) is 9.59 Å². The summed E-state index contributed by atoms with van der Waals surface area (Å²) in [5.74, 6) is -1.10. The Hall–Kier alpha value is -2.28. The maximum atomic E-state index is 12.0. The zero-order valence-corrected chi connectivity index (χ0v) is 11.6. The van der Waals surface area contributed by atoms with Crippen molar-refractivity contribution in [1.29, 1.82) is 0 Å². The smallest absolute Gasteiger partial charge is 0.303 e. The third-order valence-electron chi connectivity index (χ3n) is 2.67. The number of aromatic nitrogens is 2. The quantitative estimate of drug-likeness (QED) is 0.880. The molecule has 104 valence electrons. The van der Waals surface area contributed by atoms with Gasteiger partial charge in [-0.15, -0.1) is 5.10 Å². The van der Waals surface area contributed by atoms with E-state index in [1.807, 2.05) is 6.07 Å². The molecule has 2 rings (SSSR count). The van der Waals surface area contributed by atoms with Gasteiger partial charge in [0.1, 0.15) is 4.88 Å². The van der Waals surface area contributed by atoms with Crippen LogP contribution in [0, 0.1) is 6.92 Å². The van der Waals surface area contributed by atoms with Gasteiger partial charge < -0.3 is 10.4 Å². The van der Waals surface area contributed by atoms with Gasteiger partial charge in [0.2, 0.25) is 0 Å². The van der Waals surface area contributed by atoms with Gasteiger partial charge in [0, 0.05) is 12.1 Å². The Morgan fingerprint density at radius 1 is 1.40 bits per heavy atom. The monoisotopic (exact) mass is 291 g/mol. The lowest BCUT2D eigenvalue weighted by Gasteiger charge is -2.06. The van der Waals surface area contributed by atoms with Crippen molar-refractivity contribution in [3.63, 3.8) is 0 Å². The van der Waals surface area contributed by atoms with E-state index >= 15 is 0 Å². The summed E-state index contributed by atoms with van der Waals surface area (Å²) in [6.07, 6.45) is 0.495. The summed E-state index contributed by atoms with van der Waals surface area (Å²) >= 11 is 1.04. The summed E-state index contributed by atoms with van der Waals surface area (Å²) in [6.45, 7) is 1.72. The number of carboxylic acids is 1. The average Bonchev–Trinajstić information content (AvgIpc) is 2.83. The Labute approximate surface area is 119 Å². The molecule has 1 amide bonds. The predicted octanol–water partition coefficient (Wildman–Crippen LogP) is 2.12. The molecule has 2 aromatic rings. The Kier molecular flexibility index (Phi) is 4.41. The highest BCUT2D eigenvalue weighted by Crippen LogP contribution is 2.16. The van der Waals surface area contributed by atoms with Gasteiger partial charge in [0.15, 0.2) is 0 Å². The summed E-state index contributed by atoms with van der Waals surface area (Å²) in [6, 6.07) is 7.14.